The van der Waals surface area contributed by atoms with E-state index >= 15 is 0 Å². The molecule has 19 heavy (non-hydrogen) atoms. The molecule has 108 valence electrons. The molecule has 1 unspecified atom stereocenters. The summed E-state index contributed by atoms with van der Waals surface area (Å²) in [6, 6.07) is 9.82. The highest BCUT2D eigenvalue weighted by atomic mass is 15.1. The summed E-state index contributed by atoms with van der Waals surface area (Å²) in [5.41, 5.74) is 2.78. The van der Waals surface area contributed by atoms with Crippen molar-refractivity contribution in [3.8, 4) is 0 Å². The van der Waals surface area contributed by atoms with Gasteiger partial charge in [0.05, 0.1) is 0 Å². The van der Waals surface area contributed by atoms with Crippen LogP contribution in [0.2, 0.25) is 0 Å². The normalized spacial score (nSPS) is 12.7. The van der Waals surface area contributed by atoms with Crippen molar-refractivity contribution in [2.75, 3.05) is 18.5 Å². The first kappa shape index (κ1) is 16.0. The van der Waals surface area contributed by atoms with Gasteiger partial charge in [-0.2, -0.15) is 0 Å². The Balaban J connectivity index is 2.94. The Morgan fingerprint density at radius 2 is 1.74 bits per heavy atom. The van der Waals surface area contributed by atoms with E-state index in [1.165, 1.54) is 30.5 Å². The molecule has 0 aliphatic rings. The van der Waals surface area contributed by atoms with Gasteiger partial charge in [0, 0.05) is 24.8 Å². The topological polar surface area (TPSA) is 15.3 Å². The number of benzene rings is 1. The smallest absolute Gasteiger partial charge is 0.0414 e. The lowest BCUT2D eigenvalue weighted by atomic mass is 10.0. The SMILES string of the molecule is CCCNC(C)c1ccccc1N(C)C(CC)CC. The van der Waals surface area contributed by atoms with Crippen LogP contribution in [0.4, 0.5) is 5.69 Å². The molecule has 1 aromatic carbocycles. The number of nitrogens with one attached hydrogen (secondary N) is 1. The van der Waals surface area contributed by atoms with Gasteiger partial charge in [-0.1, -0.05) is 39.0 Å². The molecule has 1 rings (SSSR count). The number of hydrogen-bond acceptors (Lipinski definition) is 2. The zero-order valence-electron chi connectivity index (χ0n) is 13.2. The molecule has 0 saturated heterocycles. The van der Waals surface area contributed by atoms with Crippen LogP contribution in [0.25, 0.3) is 0 Å². The molecule has 0 aromatic heterocycles. The van der Waals surface area contributed by atoms with E-state index < -0.39 is 0 Å². The molecule has 0 saturated carbocycles. The molecule has 0 aliphatic carbocycles. The van der Waals surface area contributed by atoms with Crippen molar-refractivity contribution in [3.63, 3.8) is 0 Å². The van der Waals surface area contributed by atoms with Gasteiger partial charge in [-0.15, -0.1) is 0 Å². The van der Waals surface area contributed by atoms with Crippen molar-refractivity contribution in [3.05, 3.63) is 29.8 Å². The Morgan fingerprint density at radius 1 is 1.11 bits per heavy atom. The highest BCUT2D eigenvalue weighted by Crippen LogP contribution is 2.28. The molecule has 1 aromatic rings. The predicted octanol–water partition coefficient (Wildman–Crippen LogP) is 4.37. The van der Waals surface area contributed by atoms with Crippen LogP contribution >= 0.6 is 0 Å². The van der Waals surface area contributed by atoms with Crippen LogP contribution in [0.3, 0.4) is 0 Å². The van der Waals surface area contributed by atoms with E-state index in [1.54, 1.807) is 0 Å². The van der Waals surface area contributed by atoms with Gasteiger partial charge in [-0.05, 0) is 44.4 Å². The van der Waals surface area contributed by atoms with E-state index in [4.69, 9.17) is 0 Å². The zero-order valence-corrected chi connectivity index (χ0v) is 13.2. The standard InChI is InChI=1S/C17H30N2/c1-6-13-18-14(4)16-11-9-10-12-17(16)19(5)15(7-2)8-3/h9-12,14-15,18H,6-8,13H2,1-5H3. The first-order valence-corrected chi connectivity index (χ1v) is 7.70. The monoisotopic (exact) mass is 262 g/mol. The average Bonchev–Trinajstić information content (AvgIpc) is 2.45. The molecule has 0 radical (unpaired) electrons. The first-order chi connectivity index (χ1) is 9.15. The molecule has 0 fully saturated rings. The maximum Gasteiger partial charge on any atom is 0.0414 e. The average molecular weight is 262 g/mol. The van der Waals surface area contributed by atoms with Crippen LogP contribution in [-0.2, 0) is 0 Å². The van der Waals surface area contributed by atoms with Crippen LogP contribution < -0.4 is 10.2 Å². The number of hydrogen-bond donors (Lipinski definition) is 1. The van der Waals surface area contributed by atoms with Gasteiger partial charge in [-0.25, -0.2) is 0 Å². The van der Waals surface area contributed by atoms with Crippen LogP contribution in [0.5, 0.6) is 0 Å². The summed E-state index contributed by atoms with van der Waals surface area (Å²) in [6.45, 7) is 10.1. The van der Waals surface area contributed by atoms with Gasteiger partial charge in [-0.3, -0.25) is 0 Å². The van der Waals surface area contributed by atoms with E-state index in [-0.39, 0.29) is 0 Å². The summed E-state index contributed by atoms with van der Waals surface area (Å²) in [7, 11) is 2.23. The van der Waals surface area contributed by atoms with Gasteiger partial charge in [0.1, 0.15) is 0 Å². The third-order valence-electron chi connectivity index (χ3n) is 3.97. The van der Waals surface area contributed by atoms with Gasteiger partial charge in [0.25, 0.3) is 0 Å². The lowest BCUT2D eigenvalue weighted by Crippen LogP contribution is -2.32. The number of rotatable bonds is 8. The highest BCUT2D eigenvalue weighted by molar-refractivity contribution is 5.55. The maximum absolute atomic E-state index is 3.59. The number of nitrogens with zero attached hydrogens (tertiary/aromatic N) is 1. The lowest BCUT2D eigenvalue weighted by Gasteiger charge is -2.32. The number of para-hydroxylation sites is 1. The van der Waals surface area contributed by atoms with Gasteiger partial charge in [0.15, 0.2) is 0 Å². The van der Waals surface area contributed by atoms with Crippen molar-refractivity contribution in [1.82, 2.24) is 5.32 Å². The molecule has 0 amide bonds. The Morgan fingerprint density at radius 3 is 2.32 bits per heavy atom. The molecular weight excluding hydrogens is 232 g/mol. The molecule has 0 aliphatic heterocycles. The van der Waals surface area contributed by atoms with Crippen molar-refractivity contribution >= 4 is 5.69 Å². The molecule has 2 nitrogen and oxygen atoms in total. The minimum absolute atomic E-state index is 0.410. The van der Waals surface area contributed by atoms with Crippen LogP contribution in [0.1, 0.15) is 58.6 Å². The molecule has 2 heteroatoms. The highest BCUT2D eigenvalue weighted by Gasteiger charge is 2.16. The Hall–Kier alpha value is -1.02. The fourth-order valence-electron chi connectivity index (χ4n) is 2.68. The number of anilines is 1. The summed E-state index contributed by atoms with van der Waals surface area (Å²) >= 11 is 0. The molecule has 0 heterocycles. The van der Waals surface area contributed by atoms with Gasteiger partial charge in [0.2, 0.25) is 0 Å². The Kier molecular flexibility index (Phi) is 6.93. The van der Waals surface area contributed by atoms with Gasteiger partial charge >= 0.3 is 0 Å². The fourth-order valence-corrected chi connectivity index (χ4v) is 2.68. The minimum Gasteiger partial charge on any atom is -0.371 e. The van der Waals surface area contributed by atoms with Crippen molar-refractivity contribution < 1.29 is 0 Å². The first-order valence-electron chi connectivity index (χ1n) is 7.70. The quantitative estimate of drug-likeness (QED) is 0.748. The lowest BCUT2D eigenvalue weighted by molar-refractivity contribution is 0.557. The third kappa shape index (κ3) is 4.24. The molecule has 0 spiro atoms. The zero-order chi connectivity index (χ0) is 14.3. The molecule has 1 atom stereocenters. The minimum atomic E-state index is 0.410. The molecular formula is C17H30N2. The second-order valence-electron chi connectivity index (χ2n) is 5.32. The summed E-state index contributed by atoms with van der Waals surface area (Å²) in [6.07, 6.45) is 3.56. The van der Waals surface area contributed by atoms with Crippen LogP contribution in [0.15, 0.2) is 24.3 Å². The summed E-state index contributed by atoms with van der Waals surface area (Å²) in [5, 5.41) is 3.59. The summed E-state index contributed by atoms with van der Waals surface area (Å²) in [5.74, 6) is 0. The van der Waals surface area contributed by atoms with E-state index in [9.17, 15) is 0 Å². The Labute approximate surface area is 119 Å². The van der Waals surface area contributed by atoms with Crippen molar-refractivity contribution in [2.24, 2.45) is 0 Å². The molecule has 1 N–H and O–H groups in total. The van der Waals surface area contributed by atoms with Crippen molar-refractivity contribution in [1.29, 1.82) is 0 Å². The van der Waals surface area contributed by atoms with E-state index in [2.05, 4.69) is 69.2 Å². The Bertz CT molecular complexity index is 358. The fraction of sp³-hybridized carbons (Fsp3) is 0.647. The summed E-state index contributed by atoms with van der Waals surface area (Å²) in [4.78, 5) is 2.44. The van der Waals surface area contributed by atoms with Crippen LogP contribution in [0, 0.1) is 0 Å². The second-order valence-corrected chi connectivity index (χ2v) is 5.32. The van der Waals surface area contributed by atoms with Crippen molar-refractivity contribution in [2.45, 2.75) is 59.0 Å². The van der Waals surface area contributed by atoms with Gasteiger partial charge < -0.3 is 10.2 Å². The van der Waals surface area contributed by atoms with E-state index in [0.717, 1.165) is 6.54 Å². The molecule has 0 bridgehead atoms. The van der Waals surface area contributed by atoms with E-state index in [0.29, 0.717) is 12.1 Å². The predicted molar refractivity (Wildman–Crippen MR) is 85.9 cm³/mol. The van der Waals surface area contributed by atoms with Crippen LogP contribution in [-0.4, -0.2) is 19.6 Å². The summed E-state index contributed by atoms with van der Waals surface area (Å²) < 4.78 is 0. The second kappa shape index (κ2) is 8.21. The third-order valence-corrected chi connectivity index (χ3v) is 3.97. The van der Waals surface area contributed by atoms with E-state index in [1.807, 2.05) is 0 Å². The largest absolute Gasteiger partial charge is 0.371 e. The maximum atomic E-state index is 3.59.